The fourth-order valence-corrected chi connectivity index (χ4v) is 4.14. The number of alkyl halides is 2. The van der Waals surface area contributed by atoms with E-state index < -0.39 is 6.29 Å². The van der Waals surface area contributed by atoms with Gasteiger partial charge < -0.3 is 24.3 Å². The molecule has 3 aromatic rings. The normalized spacial score (nSPS) is 15.2. The van der Waals surface area contributed by atoms with E-state index >= 15 is 0 Å². The van der Waals surface area contributed by atoms with Crippen molar-refractivity contribution in [3.63, 3.8) is 0 Å². The molecule has 0 saturated heterocycles. The van der Waals surface area contributed by atoms with Crippen LogP contribution in [0.3, 0.4) is 0 Å². The topological polar surface area (TPSA) is 66.0 Å². The summed E-state index contributed by atoms with van der Waals surface area (Å²) in [6.07, 6.45) is -2.42. The first-order valence-corrected chi connectivity index (χ1v) is 11.3. The molecule has 0 unspecified atom stereocenters. The second-order valence-electron chi connectivity index (χ2n) is 8.34. The third-order valence-electron chi connectivity index (χ3n) is 6.10. The van der Waals surface area contributed by atoms with Crippen molar-refractivity contribution in [3.05, 3.63) is 83.4 Å². The molecule has 184 valence electrons. The lowest BCUT2D eigenvalue weighted by Crippen LogP contribution is -2.39. The Kier molecular flexibility index (Phi) is 7.10. The van der Waals surface area contributed by atoms with Gasteiger partial charge in [-0.2, -0.15) is 0 Å². The van der Waals surface area contributed by atoms with Crippen molar-refractivity contribution in [1.82, 2.24) is 5.32 Å². The van der Waals surface area contributed by atoms with Crippen molar-refractivity contribution in [1.29, 1.82) is 0 Å². The molecule has 2 atom stereocenters. The zero-order valence-corrected chi connectivity index (χ0v) is 19.7. The number of carbonyl (C=O) groups is 1. The van der Waals surface area contributed by atoms with Gasteiger partial charge in [0.05, 0.1) is 14.2 Å². The highest BCUT2D eigenvalue weighted by Gasteiger charge is 2.43. The molecule has 0 bridgehead atoms. The highest BCUT2D eigenvalue weighted by molar-refractivity contribution is 5.95. The molecule has 3 aromatic carbocycles. The van der Waals surface area contributed by atoms with E-state index in [-0.39, 0.29) is 34.9 Å². The summed E-state index contributed by atoms with van der Waals surface area (Å²) < 4.78 is 46.4. The number of benzene rings is 3. The molecule has 0 spiro atoms. The van der Waals surface area contributed by atoms with Crippen LogP contribution in [-0.4, -0.2) is 32.5 Å². The van der Waals surface area contributed by atoms with Gasteiger partial charge in [-0.25, -0.2) is 0 Å². The van der Waals surface area contributed by atoms with Gasteiger partial charge in [-0.1, -0.05) is 43.3 Å². The minimum atomic E-state index is -3.73. The Morgan fingerprint density at radius 2 is 1.66 bits per heavy atom. The van der Waals surface area contributed by atoms with Crippen LogP contribution in [-0.2, 0) is 6.42 Å². The Hall–Kier alpha value is -3.81. The van der Waals surface area contributed by atoms with E-state index in [9.17, 15) is 13.6 Å². The molecular formula is C27H27F2NO5. The number of methoxy groups -OCH3 is 2. The predicted molar refractivity (Wildman–Crippen MR) is 127 cm³/mol. The number of nitrogens with one attached hydrogen (secondary N) is 1. The Balaban J connectivity index is 1.53. The molecule has 1 aliphatic heterocycles. The summed E-state index contributed by atoms with van der Waals surface area (Å²) in [6, 6.07) is 19.4. The van der Waals surface area contributed by atoms with Gasteiger partial charge in [0.25, 0.3) is 5.91 Å². The number of fused-ring (bicyclic) bond motifs is 1. The van der Waals surface area contributed by atoms with Crippen molar-refractivity contribution < 1.29 is 32.5 Å². The standard InChI is InChI=1S/C27H27F2NO5/c1-17(19-7-5-4-6-8-19)21(12-9-18-10-13-22(32-2)24(15-18)33-3)30-26(31)20-11-14-23-25(16-20)35-27(28,29)34-23/h4-8,10-11,13-17,21H,9,12H2,1-3H3,(H,30,31)/t17-,21+/m0/s1. The van der Waals surface area contributed by atoms with Gasteiger partial charge in [0.1, 0.15) is 0 Å². The van der Waals surface area contributed by atoms with Crippen LogP contribution < -0.4 is 24.3 Å². The van der Waals surface area contributed by atoms with Crippen LogP contribution in [0.25, 0.3) is 0 Å². The number of carbonyl (C=O) groups excluding carboxylic acids is 1. The van der Waals surface area contributed by atoms with E-state index in [0.717, 1.165) is 11.1 Å². The molecule has 0 radical (unpaired) electrons. The average Bonchev–Trinajstić information content (AvgIpc) is 3.19. The zero-order chi connectivity index (χ0) is 25.0. The molecule has 0 aromatic heterocycles. The molecule has 1 amide bonds. The highest BCUT2D eigenvalue weighted by atomic mass is 19.3. The van der Waals surface area contributed by atoms with Crippen LogP contribution in [0, 0.1) is 0 Å². The van der Waals surface area contributed by atoms with Crippen LogP contribution in [0.4, 0.5) is 8.78 Å². The highest BCUT2D eigenvalue weighted by Crippen LogP contribution is 2.41. The second-order valence-corrected chi connectivity index (χ2v) is 8.34. The third-order valence-corrected chi connectivity index (χ3v) is 6.10. The summed E-state index contributed by atoms with van der Waals surface area (Å²) >= 11 is 0. The van der Waals surface area contributed by atoms with Crippen LogP contribution in [0.2, 0.25) is 0 Å². The number of ether oxygens (including phenoxy) is 4. The summed E-state index contributed by atoms with van der Waals surface area (Å²) in [7, 11) is 3.17. The van der Waals surface area contributed by atoms with Crippen LogP contribution in [0.15, 0.2) is 66.7 Å². The van der Waals surface area contributed by atoms with Crippen molar-refractivity contribution in [2.24, 2.45) is 0 Å². The van der Waals surface area contributed by atoms with Crippen molar-refractivity contribution in [3.8, 4) is 23.0 Å². The smallest absolute Gasteiger partial charge is 0.493 e. The lowest BCUT2D eigenvalue weighted by atomic mass is 9.89. The molecule has 4 rings (SSSR count). The van der Waals surface area contributed by atoms with Crippen molar-refractivity contribution in [2.45, 2.75) is 38.0 Å². The molecule has 1 aliphatic rings. The molecule has 1 N–H and O–H groups in total. The minimum Gasteiger partial charge on any atom is -0.493 e. The lowest BCUT2D eigenvalue weighted by molar-refractivity contribution is -0.286. The first-order chi connectivity index (χ1) is 16.8. The molecule has 8 heteroatoms. The molecule has 0 aliphatic carbocycles. The Morgan fingerprint density at radius 3 is 2.37 bits per heavy atom. The molecule has 6 nitrogen and oxygen atoms in total. The quantitative estimate of drug-likeness (QED) is 0.432. The monoisotopic (exact) mass is 483 g/mol. The fourth-order valence-electron chi connectivity index (χ4n) is 4.14. The number of hydrogen-bond donors (Lipinski definition) is 1. The van der Waals surface area contributed by atoms with E-state index in [1.807, 2.05) is 48.5 Å². The summed E-state index contributed by atoms with van der Waals surface area (Å²) in [5.41, 5.74) is 2.32. The van der Waals surface area contributed by atoms with Gasteiger partial charge in [0.15, 0.2) is 23.0 Å². The van der Waals surface area contributed by atoms with Crippen LogP contribution in [0.5, 0.6) is 23.0 Å². The number of aryl methyl sites for hydroxylation is 1. The van der Waals surface area contributed by atoms with Gasteiger partial charge in [0.2, 0.25) is 0 Å². The molecule has 0 fully saturated rings. The van der Waals surface area contributed by atoms with Gasteiger partial charge >= 0.3 is 6.29 Å². The van der Waals surface area contributed by atoms with Gasteiger partial charge in [0, 0.05) is 17.5 Å². The maximum absolute atomic E-state index is 13.4. The Morgan fingerprint density at radius 1 is 0.943 bits per heavy atom. The summed E-state index contributed by atoms with van der Waals surface area (Å²) in [6.45, 7) is 2.05. The van der Waals surface area contributed by atoms with E-state index in [4.69, 9.17) is 9.47 Å². The van der Waals surface area contributed by atoms with E-state index in [1.165, 1.54) is 18.2 Å². The van der Waals surface area contributed by atoms with Crippen molar-refractivity contribution in [2.75, 3.05) is 14.2 Å². The largest absolute Gasteiger partial charge is 0.586 e. The van der Waals surface area contributed by atoms with Crippen LogP contribution >= 0.6 is 0 Å². The SMILES string of the molecule is COc1ccc(CC[C@@H](NC(=O)c2ccc3c(c2)OC(F)(F)O3)[C@@H](C)c2ccccc2)cc1OC. The van der Waals surface area contributed by atoms with Gasteiger partial charge in [-0.3, -0.25) is 4.79 Å². The maximum atomic E-state index is 13.4. The maximum Gasteiger partial charge on any atom is 0.586 e. The summed E-state index contributed by atoms with van der Waals surface area (Å²) in [4.78, 5) is 13.1. The van der Waals surface area contributed by atoms with E-state index in [0.29, 0.717) is 24.3 Å². The predicted octanol–water partition coefficient (Wildman–Crippen LogP) is 5.56. The van der Waals surface area contributed by atoms with Gasteiger partial charge in [-0.05, 0) is 54.3 Å². The zero-order valence-electron chi connectivity index (χ0n) is 19.7. The van der Waals surface area contributed by atoms with Crippen molar-refractivity contribution >= 4 is 5.91 Å². The first-order valence-electron chi connectivity index (χ1n) is 11.3. The summed E-state index contributed by atoms with van der Waals surface area (Å²) in [5, 5.41) is 3.09. The summed E-state index contributed by atoms with van der Waals surface area (Å²) in [5.74, 6) is 0.631. The lowest BCUT2D eigenvalue weighted by Gasteiger charge is -2.26. The van der Waals surface area contributed by atoms with Crippen LogP contribution in [0.1, 0.15) is 40.7 Å². The fraction of sp³-hybridized carbons (Fsp3) is 0.296. The number of hydrogen-bond acceptors (Lipinski definition) is 5. The van der Waals surface area contributed by atoms with E-state index in [1.54, 1.807) is 14.2 Å². The first kappa shape index (κ1) is 24.3. The minimum absolute atomic E-state index is 0.00126. The molecule has 0 saturated carbocycles. The molecule has 35 heavy (non-hydrogen) atoms. The second kappa shape index (κ2) is 10.2. The van der Waals surface area contributed by atoms with E-state index in [2.05, 4.69) is 21.7 Å². The number of amides is 1. The Labute approximate surface area is 202 Å². The number of rotatable bonds is 9. The van der Waals surface area contributed by atoms with Gasteiger partial charge in [-0.15, -0.1) is 8.78 Å². The molecular weight excluding hydrogens is 456 g/mol. The third kappa shape index (κ3) is 5.65. The molecule has 1 heterocycles. The Bertz CT molecular complexity index is 1190. The number of halogens is 2. The average molecular weight is 484 g/mol.